The van der Waals surface area contributed by atoms with Crippen molar-refractivity contribution < 1.29 is 18.0 Å². The van der Waals surface area contributed by atoms with Crippen molar-refractivity contribution >= 4 is 22.6 Å². The number of carbonyl (C=O) groups excluding carboxylic acids is 1. The Kier molecular flexibility index (Phi) is 4.75. The van der Waals surface area contributed by atoms with Crippen LogP contribution >= 0.6 is 0 Å². The average molecular weight is 396 g/mol. The quantitative estimate of drug-likeness (QED) is 0.519. The third-order valence-corrected chi connectivity index (χ3v) is 4.42. The molecule has 4 rings (SSSR count). The van der Waals surface area contributed by atoms with Crippen molar-refractivity contribution in [3.63, 3.8) is 0 Å². The van der Waals surface area contributed by atoms with E-state index >= 15 is 0 Å². The zero-order valence-corrected chi connectivity index (χ0v) is 15.0. The first-order chi connectivity index (χ1) is 13.9. The number of amides is 1. The van der Waals surface area contributed by atoms with E-state index in [0.29, 0.717) is 28.2 Å². The molecule has 2 heterocycles. The number of benzene rings is 2. The Morgan fingerprint density at radius 3 is 2.62 bits per heavy atom. The molecule has 0 unspecified atom stereocenters. The molecule has 0 atom stereocenters. The topological polar surface area (TPSA) is 70.7 Å². The Morgan fingerprint density at radius 1 is 1.03 bits per heavy atom. The zero-order chi connectivity index (χ0) is 20.4. The Labute approximate surface area is 163 Å². The first-order valence-electron chi connectivity index (χ1n) is 8.76. The standard InChI is InChI=1S/C21H15F3N4O/c22-21(23,24)16-6-2-4-14(11-16)17-8-7-13-3-1-5-15(20(13)26-17)12-19(29)27-18-9-10-25-28-18/h1-11H,12H2,(H2,25,27,28,29). The van der Waals surface area contributed by atoms with Crippen LogP contribution in [0.5, 0.6) is 0 Å². The van der Waals surface area contributed by atoms with Gasteiger partial charge in [-0.2, -0.15) is 18.3 Å². The molecule has 146 valence electrons. The largest absolute Gasteiger partial charge is 0.416 e. The molecule has 0 aliphatic heterocycles. The number of pyridine rings is 1. The lowest BCUT2D eigenvalue weighted by molar-refractivity contribution is -0.137. The molecule has 0 aliphatic carbocycles. The summed E-state index contributed by atoms with van der Waals surface area (Å²) >= 11 is 0. The lowest BCUT2D eigenvalue weighted by atomic mass is 10.0. The van der Waals surface area contributed by atoms with Crippen LogP contribution in [0.3, 0.4) is 0 Å². The van der Waals surface area contributed by atoms with Crippen molar-refractivity contribution in [2.24, 2.45) is 0 Å². The number of hydrogen-bond acceptors (Lipinski definition) is 3. The van der Waals surface area contributed by atoms with Gasteiger partial charge in [0.15, 0.2) is 0 Å². The summed E-state index contributed by atoms with van der Waals surface area (Å²) in [6.45, 7) is 0. The van der Waals surface area contributed by atoms with Crippen LogP contribution in [0.25, 0.3) is 22.2 Å². The normalized spacial score (nSPS) is 11.6. The lowest BCUT2D eigenvalue weighted by Gasteiger charge is -2.10. The summed E-state index contributed by atoms with van der Waals surface area (Å²) in [6, 6.07) is 15.5. The summed E-state index contributed by atoms with van der Waals surface area (Å²) in [7, 11) is 0. The molecule has 2 aromatic heterocycles. The van der Waals surface area contributed by atoms with Crippen LogP contribution in [0.15, 0.2) is 66.9 Å². The number of nitrogens with one attached hydrogen (secondary N) is 2. The zero-order valence-electron chi connectivity index (χ0n) is 15.0. The molecule has 2 N–H and O–H groups in total. The van der Waals surface area contributed by atoms with Crippen molar-refractivity contribution in [2.45, 2.75) is 12.6 Å². The Balaban J connectivity index is 1.68. The molecule has 0 bridgehead atoms. The lowest BCUT2D eigenvalue weighted by Crippen LogP contribution is -2.15. The van der Waals surface area contributed by atoms with Gasteiger partial charge in [0.05, 0.1) is 29.4 Å². The molecule has 0 fully saturated rings. The van der Waals surface area contributed by atoms with Crippen molar-refractivity contribution in [1.82, 2.24) is 15.2 Å². The SMILES string of the molecule is O=C(Cc1cccc2ccc(-c3cccc(C(F)(F)F)c3)nc12)Nc1ccn[nH]1. The molecule has 8 heteroatoms. The molecule has 2 aromatic carbocycles. The maximum absolute atomic E-state index is 13.0. The van der Waals surface area contributed by atoms with Crippen molar-refractivity contribution in [1.29, 1.82) is 0 Å². The highest BCUT2D eigenvalue weighted by Crippen LogP contribution is 2.32. The minimum absolute atomic E-state index is 0.0649. The smallest absolute Gasteiger partial charge is 0.311 e. The Hall–Kier alpha value is -3.68. The molecular weight excluding hydrogens is 381 g/mol. The molecule has 0 saturated heterocycles. The van der Waals surface area contributed by atoms with Crippen LogP contribution in [0.1, 0.15) is 11.1 Å². The minimum atomic E-state index is -4.43. The summed E-state index contributed by atoms with van der Waals surface area (Å²) in [5.41, 5.74) is 1.28. The monoisotopic (exact) mass is 396 g/mol. The molecule has 0 saturated carbocycles. The number of H-pyrrole nitrogens is 1. The molecule has 1 amide bonds. The Bertz CT molecular complexity index is 1170. The predicted octanol–water partition coefficient (Wildman–Crippen LogP) is 4.82. The van der Waals surface area contributed by atoms with Gasteiger partial charge in [-0.3, -0.25) is 9.89 Å². The number of halogens is 3. The van der Waals surface area contributed by atoms with Gasteiger partial charge < -0.3 is 5.32 Å². The molecule has 29 heavy (non-hydrogen) atoms. The van der Waals surface area contributed by atoms with E-state index < -0.39 is 11.7 Å². The fourth-order valence-electron chi connectivity index (χ4n) is 3.06. The summed E-state index contributed by atoms with van der Waals surface area (Å²) < 4.78 is 39.1. The number of hydrogen-bond donors (Lipinski definition) is 2. The summed E-state index contributed by atoms with van der Waals surface area (Å²) in [5.74, 6) is 0.223. The van der Waals surface area contributed by atoms with Gasteiger partial charge in [0.25, 0.3) is 0 Å². The molecule has 0 aliphatic rings. The summed E-state index contributed by atoms with van der Waals surface area (Å²) in [4.78, 5) is 16.9. The van der Waals surface area contributed by atoms with Crippen LogP contribution in [0.2, 0.25) is 0 Å². The van der Waals surface area contributed by atoms with Crippen molar-refractivity contribution in [2.75, 3.05) is 5.32 Å². The van der Waals surface area contributed by atoms with E-state index in [1.54, 1.807) is 30.3 Å². The molecular formula is C21H15F3N4O. The summed E-state index contributed by atoms with van der Waals surface area (Å²) in [5, 5.41) is 9.91. The number of fused-ring (bicyclic) bond motifs is 1. The second-order valence-electron chi connectivity index (χ2n) is 6.46. The maximum atomic E-state index is 13.0. The van der Waals surface area contributed by atoms with Crippen LogP contribution in [0, 0.1) is 0 Å². The number of anilines is 1. The van der Waals surface area contributed by atoms with E-state index in [2.05, 4.69) is 20.5 Å². The number of aromatic amines is 1. The fraction of sp³-hybridized carbons (Fsp3) is 0.0952. The Morgan fingerprint density at radius 2 is 1.86 bits per heavy atom. The van der Waals surface area contributed by atoms with E-state index in [-0.39, 0.29) is 12.3 Å². The van der Waals surface area contributed by atoms with Crippen LogP contribution in [-0.4, -0.2) is 21.1 Å². The van der Waals surface area contributed by atoms with E-state index in [0.717, 1.165) is 17.5 Å². The molecule has 0 radical (unpaired) electrons. The predicted molar refractivity (Wildman–Crippen MR) is 103 cm³/mol. The molecule has 5 nitrogen and oxygen atoms in total. The van der Waals surface area contributed by atoms with Gasteiger partial charge in [0.2, 0.25) is 5.91 Å². The average Bonchev–Trinajstić information content (AvgIpc) is 3.20. The van der Waals surface area contributed by atoms with Gasteiger partial charge in [-0.25, -0.2) is 4.98 Å². The van der Waals surface area contributed by atoms with Gasteiger partial charge >= 0.3 is 6.18 Å². The maximum Gasteiger partial charge on any atom is 0.416 e. The van der Waals surface area contributed by atoms with E-state index in [1.807, 2.05) is 12.1 Å². The second kappa shape index (κ2) is 7.38. The first-order valence-corrected chi connectivity index (χ1v) is 8.76. The van der Waals surface area contributed by atoms with E-state index in [1.165, 1.54) is 12.3 Å². The number of nitrogens with zero attached hydrogens (tertiary/aromatic N) is 2. The number of rotatable bonds is 4. The van der Waals surface area contributed by atoms with Gasteiger partial charge in [0.1, 0.15) is 5.82 Å². The first kappa shape index (κ1) is 18.7. The van der Waals surface area contributed by atoms with Gasteiger partial charge in [-0.15, -0.1) is 0 Å². The van der Waals surface area contributed by atoms with Crippen LogP contribution in [0.4, 0.5) is 19.0 Å². The third-order valence-electron chi connectivity index (χ3n) is 4.42. The summed E-state index contributed by atoms with van der Waals surface area (Å²) in [6.07, 6.45) is -2.84. The van der Waals surface area contributed by atoms with Gasteiger partial charge in [0, 0.05) is 17.0 Å². The second-order valence-corrected chi connectivity index (χ2v) is 6.46. The minimum Gasteiger partial charge on any atom is -0.311 e. The van der Waals surface area contributed by atoms with Crippen molar-refractivity contribution in [3.05, 3.63) is 78.0 Å². The highest BCUT2D eigenvalue weighted by atomic mass is 19.4. The molecule has 0 spiro atoms. The van der Waals surface area contributed by atoms with E-state index in [9.17, 15) is 18.0 Å². The highest BCUT2D eigenvalue weighted by Gasteiger charge is 2.30. The van der Waals surface area contributed by atoms with E-state index in [4.69, 9.17) is 0 Å². The van der Waals surface area contributed by atoms with Crippen LogP contribution < -0.4 is 5.32 Å². The van der Waals surface area contributed by atoms with Gasteiger partial charge in [-0.1, -0.05) is 36.4 Å². The van der Waals surface area contributed by atoms with Crippen LogP contribution in [-0.2, 0) is 17.4 Å². The number of para-hydroxylation sites is 1. The number of aromatic nitrogens is 3. The number of alkyl halides is 3. The van der Waals surface area contributed by atoms with Crippen molar-refractivity contribution in [3.8, 4) is 11.3 Å². The molecule has 4 aromatic rings. The highest BCUT2D eigenvalue weighted by molar-refractivity contribution is 5.95. The van der Waals surface area contributed by atoms with Gasteiger partial charge in [-0.05, 0) is 23.8 Å². The third kappa shape index (κ3) is 4.11. The fourth-order valence-corrected chi connectivity index (χ4v) is 3.06. The number of carbonyl (C=O) groups is 1.